The fourth-order valence-corrected chi connectivity index (χ4v) is 3.60. The van der Waals surface area contributed by atoms with Gasteiger partial charge < -0.3 is 25.0 Å². The van der Waals surface area contributed by atoms with E-state index in [0.29, 0.717) is 12.6 Å². The van der Waals surface area contributed by atoms with Crippen molar-refractivity contribution in [3.05, 3.63) is 54.1 Å². The number of nitrogens with zero attached hydrogens (tertiary/aromatic N) is 2. The van der Waals surface area contributed by atoms with Crippen LogP contribution in [0.3, 0.4) is 0 Å². The second kappa shape index (κ2) is 12.5. The van der Waals surface area contributed by atoms with Crippen LogP contribution in [0, 0.1) is 0 Å². The van der Waals surface area contributed by atoms with Gasteiger partial charge in [-0.1, -0.05) is 24.3 Å². The van der Waals surface area contributed by atoms with Gasteiger partial charge in [0.05, 0.1) is 14.2 Å². The number of hydrogen-bond acceptors (Lipinski definition) is 4. The zero-order chi connectivity index (χ0) is 20.5. The van der Waals surface area contributed by atoms with Crippen LogP contribution in [0.25, 0.3) is 0 Å². The fraction of sp³-hybridized carbons (Fsp3) is 0.435. The molecule has 1 saturated heterocycles. The molecule has 1 unspecified atom stereocenters. The van der Waals surface area contributed by atoms with E-state index in [4.69, 9.17) is 14.5 Å². The van der Waals surface area contributed by atoms with Crippen LogP contribution in [0.4, 0.5) is 5.69 Å². The number of anilines is 1. The Hall–Kier alpha value is -2.16. The first-order valence-corrected chi connectivity index (χ1v) is 10.3. The largest absolute Gasteiger partial charge is 0.493 e. The lowest BCUT2D eigenvalue weighted by molar-refractivity contribution is 0.354. The van der Waals surface area contributed by atoms with E-state index < -0.39 is 0 Å². The lowest BCUT2D eigenvalue weighted by Crippen LogP contribution is -2.44. The summed E-state index contributed by atoms with van der Waals surface area (Å²) in [6, 6.07) is 17.0. The highest BCUT2D eigenvalue weighted by Gasteiger charge is 2.23. The second-order valence-electron chi connectivity index (χ2n) is 7.11. The normalized spacial score (nSPS) is 16.0. The summed E-state index contributed by atoms with van der Waals surface area (Å²) in [7, 11) is 3.31. The summed E-state index contributed by atoms with van der Waals surface area (Å²) >= 11 is 0. The van der Waals surface area contributed by atoms with Crippen LogP contribution < -0.4 is 25.0 Å². The second-order valence-corrected chi connectivity index (χ2v) is 7.11. The average Bonchev–Trinajstić information content (AvgIpc) is 3.23. The van der Waals surface area contributed by atoms with Crippen molar-refractivity contribution < 1.29 is 9.47 Å². The van der Waals surface area contributed by atoms with Gasteiger partial charge in [-0.25, -0.2) is 0 Å². The van der Waals surface area contributed by atoms with E-state index >= 15 is 0 Å². The van der Waals surface area contributed by atoms with Gasteiger partial charge in [-0.05, 0) is 49.6 Å². The molecule has 0 aliphatic carbocycles. The van der Waals surface area contributed by atoms with Crippen LogP contribution in [0.5, 0.6) is 11.5 Å². The van der Waals surface area contributed by atoms with Gasteiger partial charge in [0.1, 0.15) is 0 Å². The Balaban J connectivity index is 0.00000320. The van der Waals surface area contributed by atoms with Gasteiger partial charge in [0, 0.05) is 37.9 Å². The van der Waals surface area contributed by atoms with Gasteiger partial charge in [0.25, 0.3) is 0 Å². The zero-order valence-electron chi connectivity index (χ0n) is 18.1. The monoisotopic (exact) mass is 524 g/mol. The summed E-state index contributed by atoms with van der Waals surface area (Å²) in [6.07, 6.45) is 1.95. The molecule has 0 amide bonds. The molecule has 1 fully saturated rings. The first-order chi connectivity index (χ1) is 14.2. The molecule has 0 bridgehead atoms. The third-order valence-electron chi connectivity index (χ3n) is 5.11. The van der Waals surface area contributed by atoms with E-state index in [0.717, 1.165) is 49.9 Å². The molecule has 1 aliphatic heterocycles. The van der Waals surface area contributed by atoms with Crippen LogP contribution in [0.15, 0.2) is 53.5 Å². The summed E-state index contributed by atoms with van der Waals surface area (Å²) in [5, 5.41) is 6.96. The molecular weight excluding hydrogens is 491 g/mol. The summed E-state index contributed by atoms with van der Waals surface area (Å²) < 4.78 is 10.7. The van der Waals surface area contributed by atoms with E-state index in [1.165, 1.54) is 11.3 Å². The SMILES string of the molecule is CCNC(=NCCc1ccc(OC)c(OC)c1)NC1CCN(c2ccccc2)C1.I. The molecule has 2 N–H and O–H groups in total. The Morgan fingerprint density at radius 3 is 2.57 bits per heavy atom. The van der Waals surface area contributed by atoms with Gasteiger partial charge in [0.15, 0.2) is 17.5 Å². The van der Waals surface area contributed by atoms with Crippen molar-refractivity contribution in [2.45, 2.75) is 25.8 Å². The smallest absolute Gasteiger partial charge is 0.191 e. The summed E-state index contributed by atoms with van der Waals surface area (Å²) in [5.41, 5.74) is 2.46. The number of rotatable bonds is 8. The first kappa shape index (κ1) is 24.1. The Kier molecular flexibility index (Phi) is 10.1. The molecule has 164 valence electrons. The quantitative estimate of drug-likeness (QED) is 0.314. The maximum absolute atomic E-state index is 5.39. The van der Waals surface area contributed by atoms with E-state index in [-0.39, 0.29) is 24.0 Å². The third kappa shape index (κ3) is 6.68. The van der Waals surface area contributed by atoms with Crippen LogP contribution >= 0.6 is 24.0 Å². The van der Waals surface area contributed by atoms with Crippen molar-refractivity contribution in [1.82, 2.24) is 10.6 Å². The van der Waals surface area contributed by atoms with Crippen molar-refractivity contribution in [2.75, 3.05) is 45.3 Å². The van der Waals surface area contributed by atoms with Gasteiger partial charge in [0.2, 0.25) is 0 Å². The van der Waals surface area contributed by atoms with E-state index in [2.05, 4.69) is 58.9 Å². The van der Waals surface area contributed by atoms with Gasteiger partial charge in [-0.2, -0.15) is 0 Å². The number of halogens is 1. The number of benzene rings is 2. The molecule has 0 radical (unpaired) electrons. The van der Waals surface area contributed by atoms with Crippen LogP contribution in [0.1, 0.15) is 18.9 Å². The number of methoxy groups -OCH3 is 2. The number of ether oxygens (including phenoxy) is 2. The highest BCUT2D eigenvalue weighted by molar-refractivity contribution is 14.0. The van der Waals surface area contributed by atoms with Crippen molar-refractivity contribution in [3.8, 4) is 11.5 Å². The van der Waals surface area contributed by atoms with Crippen LogP contribution in [-0.4, -0.2) is 52.4 Å². The first-order valence-electron chi connectivity index (χ1n) is 10.3. The van der Waals surface area contributed by atoms with E-state index in [9.17, 15) is 0 Å². The van der Waals surface area contributed by atoms with E-state index in [1.807, 2.05) is 12.1 Å². The molecule has 6 nitrogen and oxygen atoms in total. The molecule has 3 rings (SSSR count). The molecule has 2 aromatic carbocycles. The minimum atomic E-state index is 0. The number of aliphatic imine (C=N–C) groups is 1. The fourth-order valence-electron chi connectivity index (χ4n) is 3.60. The van der Waals surface area contributed by atoms with Crippen molar-refractivity contribution in [2.24, 2.45) is 4.99 Å². The molecule has 0 saturated carbocycles. The minimum absolute atomic E-state index is 0. The Morgan fingerprint density at radius 1 is 1.10 bits per heavy atom. The van der Waals surface area contributed by atoms with E-state index in [1.54, 1.807) is 14.2 Å². The molecule has 0 aromatic heterocycles. The van der Waals surface area contributed by atoms with Crippen LogP contribution in [0.2, 0.25) is 0 Å². The van der Waals surface area contributed by atoms with Gasteiger partial charge >= 0.3 is 0 Å². The topological polar surface area (TPSA) is 58.1 Å². The number of hydrogen-bond donors (Lipinski definition) is 2. The molecule has 1 atom stereocenters. The molecule has 1 aliphatic rings. The highest BCUT2D eigenvalue weighted by Crippen LogP contribution is 2.27. The predicted molar refractivity (Wildman–Crippen MR) is 135 cm³/mol. The lowest BCUT2D eigenvalue weighted by atomic mass is 10.1. The van der Waals surface area contributed by atoms with Crippen molar-refractivity contribution >= 4 is 35.6 Å². The summed E-state index contributed by atoms with van der Waals surface area (Å²) in [4.78, 5) is 7.19. The Bertz CT molecular complexity index is 801. The number of guanidine groups is 1. The van der Waals surface area contributed by atoms with Gasteiger partial charge in [-0.3, -0.25) is 4.99 Å². The average molecular weight is 524 g/mol. The molecular formula is C23H33IN4O2. The van der Waals surface area contributed by atoms with Gasteiger partial charge in [-0.15, -0.1) is 24.0 Å². The zero-order valence-corrected chi connectivity index (χ0v) is 20.4. The molecule has 1 heterocycles. The summed E-state index contributed by atoms with van der Waals surface area (Å²) in [5.74, 6) is 2.39. The maximum Gasteiger partial charge on any atom is 0.191 e. The molecule has 2 aromatic rings. The minimum Gasteiger partial charge on any atom is -0.493 e. The molecule has 0 spiro atoms. The summed E-state index contributed by atoms with van der Waals surface area (Å²) in [6.45, 7) is 5.70. The number of nitrogens with one attached hydrogen (secondary N) is 2. The van der Waals surface area contributed by atoms with Crippen LogP contribution in [-0.2, 0) is 6.42 Å². The van der Waals surface area contributed by atoms with Crippen molar-refractivity contribution in [1.29, 1.82) is 0 Å². The number of para-hydroxylation sites is 1. The maximum atomic E-state index is 5.39. The lowest BCUT2D eigenvalue weighted by Gasteiger charge is -2.20. The predicted octanol–water partition coefficient (Wildman–Crippen LogP) is 3.70. The van der Waals surface area contributed by atoms with Crippen molar-refractivity contribution in [3.63, 3.8) is 0 Å². The third-order valence-corrected chi connectivity index (χ3v) is 5.11. The molecule has 30 heavy (non-hydrogen) atoms. The molecule has 7 heteroatoms. The Labute approximate surface area is 197 Å². The standard InChI is InChI=1S/C23H32N4O2.HI/c1-4-24-23(25-14-12-18-10-11-21(28-2)22(16-18)29-3)26-19-13-15-27(17-19)20-8-6-5-7-9-20;/h5-11,16,19H,4,12-15,17H2,1-3H3,(H2,24,25,26);1H. The highest BCUT2D eigenvalue weighted by atomic mass is 127. The Morgan fingerprint density at radius 2 is 1.87 bits per heavy atom.